The van der Waals surface area contributed by atoms with E-state index in [-0.39, 0.29) is 18.6 Å². The highest BCUT2D eigenvalue weighted by atomic mass is 16.5. The van der Waals surface area contributed by atoms with Gasteiger partial charge in [0.25, 0.3) is 0 Å². The van der Waals surface area contributed by atoms with Crippen molar-refractivity contribution in [2.24, 2.45) is 10.7 Å². The van der Waals surface area contributed by atoms with E-state index >= 15 is 0 Å². The summed E-state index contributed by atoms with van der Waals surface area (Å²) in [6.07, 6.45) is 0.927. The maximum Gasteiger partial charge on any atom is 0.196 e. The van der Waals surface area contributed by atoms with Gasteiger partial charge in [-0.05, 0) is 45.0 Å². The Morgan fingerprint density at radius 3 is 2.17 bits per heavy atom. The molecule has 0 fully saturated rings. The number of hydrogen-bond acceptors (Lipinski definition) is 5. The van der Waals surface area contributed by atoms with Crippen LogP contribution in [0.2, 0.25) is 0 Å². The van der Waals surface area contributed by atoms with Crippen LogP contribution in [-0.2, 0) is 0 Å². The Labute approximate surface area is 239 Å². The first-order valence-electron chi connectivity index (χ1n) is 13.9. The molecule has 0 aliphatic carbocycles. The van der Waals surface area contributed by atoms with Gasteiger partial charge in [-0.1, -0.05) is 121 Å². The second kappa shape index (κ2) is 10.9. The van der Waals surface area contributed by atoms with Crippen molar-refractivity contribution < 1.29 is 4.74 Å². The van der Waals surface area contributed by atoms with E-state index in [1.807, 2.05) is 85.1 Å². The first-order chi connectivity index (χ1) is 20.2. The summed E-state index contributed by atoms with van der Waals surface area (Å²) in [6, 6.07) is 45.5. The average Bonchev–Trinajstić information content (AvgIpc) is 3.49. The van der Waals surface area contributed by atoms with Crippen LogP contribution in [0.15, 0.2) is 138 Å². The van der Waals surface area contributed by atoms with Crippen LogP contribution in [0.5, 0.6) is 5.75 Å². The Bertz CT molecular complexity index is 1840. The van der Waals surface area contributed by atoms with Crippen LogP contribution < -0.4 is 21.1 Å². The fourth-order valence-electron chi connectivity index (χ4n) is 5.47. The molecule has 6 aromatic carbocycles. The van der Waals surface area contributed by atoms with E-state index in [0.29, 0.717) is 0 Å². The van der Waals surface area contributed by atoms with E-state index in [1.54, 1.807) is 0 Å². The Hall–Kier alpha value is -4.97. The molecule has 3 unspecified atom stereocenters. The van der Waals surface area contributed by atoms with Gasteiger partial charge in [-0.25, -0.2) is 0 Å². The molecule has 4 N–H and O–H groups in total. The Balaban J connectivity index is 1.31. The van der Waals surface area contributed by atoms with Crippen LogP contribution in [-0.4, -0.2) is 6.21 Å². The summed E-state index contributed by atoms with van der Waals surface area (Å²) in [5.74, 6) is 0.854. The largest absolute Gasteiger partial charge is 0.464 e. The summed E-state index contributed by atoms with van der Waals surface area (Å²) < 4.78 is 6.35. The van der Waals surface area contributed by atoms with Crippen LogP contribution in [0, 0.1) is 0 Å². The minimum atomic E-state index is -0.386. The highest BCUT2D eigenvalue weighted by Crippen LogP contribution is 2.45. The third-order valence-corrected chi connectivity index (χ3v) is 7.60. The molecular weight excluding hydrogens is 504 g/mol. The molecule has 0 aromatic heterocycles. The first-order valence-corrected chi connectivity index (χ1v) is 13.9. The van der Waals surface area contributed by atoms with Crippen LogP contribution in [0.3, 0.4) is 0 Å². The van der Waals surface area contributed by atoms with Gasteiger partial charge in [0.2, 0.25) is 0 Å². The number of benzene rings is 6. The fraction of sp³-hybridized carbons (Fsp3) is 0.0833. The summed E-state index contributed by atoms with van der Waals surface area (Å²) in [7, 11) is 0. The highest BCUT2D eigenvalue weighted by Gasteiger charge is 2.26. The van der Waals surface area contributed by atoms with Crippen molar-refractivity contribution in [3.63, 3.8) is 0 Å². The van der Waals surface area contributed by atoms with Crippen molar-refractivity contribution in [3.8, 4) is 5.75 Å². The zero-order valence-electron chi connectivity index (χ0n) is 22.4. The van der Waals surface area contributed by atoms with Gasteiger partial charge in [-0.2, -0.15) is 0 Å². The summed E-state index contributed by atoms with van der Waals surface area (Å²) in [5, 5.41) is 11.8. The van der Waals surface area contributed by atoms with Crippen molar-refractivity contribution in [2.75, 3.05) is 5.32 Å². The minimum Gasteiger partial charge on any atom is -0.464 e. The van der Waals surface area contributed by atoms with Gasteiger partial charge >= 0.3 is 0 Å². The number of anilines is 1. The van der Waals surface area contributed by atoms with E-state index in [1.165, 1.54) is 0 Å². The molecule has 7 rings (SSSR count). The van der Waals surface area contributed by atoms with Gasteiger partial charge in [0.05, 0.1) is 11.9 Å². The molecule has 0 spiro atoms. The van der Waals surface area contributed by atoms with Gasteiger partial charge in [0, 0.05) is 17.2 Å². The molecule has 0 bridgehead atoms. The molecule has 1 heterocycles. The number of nitrogens with one attached hydrogen (secondary N) is 2. The molecule has 5 nitrogen and oxygen atoms in total. The topological polar surface area (TPSA) is 71.7 Å². The lowest BCUT2D eigenvalue weighted by atomic mass is 9.97. The van der Waals surface area contributed by atoms with Crippen LogP contribution in [0.25, 0.3) is 21.5 Å². The number of rotatable bonds is 7. The third kappa shape index (κ3) is 5.05. The lowest BCUT2D eigenvalue weighted by Gasteiger charge is -2.22. The standard InChI is InChI=1S/C36H30N4O/c37-34(27-12-6-2-7-13-27)40-35(38-23-24-10-4-1-5-11-24)29-19-17-25-16-18-26-20-21-31-33(32(26)30(25)22-29)39-36(41-31)28-14-8-3-9-15-28/h1-23,34-36,39-40H,37H2. The summed E-state index contributed by atoms with van der Waals surface area (Å²) in [6.45, 7) is 0. The zero-order chi connectivity index (χ0) is 27.6. The normalized spacial score (nSPS) is 15.9. The molecule has 200 valence electrons. The first kappa shape index (κ1) is 25.0. The monoisotopic (exact) mass is 534 g/mol. The second-order valence-corrected chi connectivity index (χ2v) is 10.3. The predicted octanol–water partition coefficient (Wildman–Crippen LogP) is 7.86. The van der Waals surface area contributed by atoms with Crippen LogP contribution >= 0.6 is 0 Å². The SMILES string of the molecule is NC(NC(N=Cc1ccccc1)c1ccc2ccc3ccc4c(c3c2c1)NC(c1ccccc1)O4)c1ccccc1. The summed E-state index contributed by atoms with van der Waals surface area (Å²) >= 11 is 0. The van der Waals surface area contributed by atoms with Crippen molar-refractivity contribution in [3.05, 3.63) is 156 Å². The smallest absolute Gasteiger partial charge is 0.196 e. The summed E-state index contributed by atoms with van der Waals surface area (Å²) in [5.41, 5.74) is 11.8. The molecule has 0 amide bonds. The molecule has 5 heteroatoms. The molecule has 0 radical (unpaired) electrons. The maximum absolute atomic E-state index is 6.64. The van der Waals surface area contributed by atoms with Gasteiger partial charge in [0.1, 0.15) is 11.9 Å². The number of nitrogens with two attached hydrogens (primary N) is 1. The van der Waals surface area contributed by atoms with Gasteiger partial charge in [-0.3, -0.25) is 10.3 Å². The van der Waals surface area contributed by atoms with E-state index < -0.39 is 0 Å². The lowest BCUT2D eigenvalue weighted by Crippen LogP contribution is -2.31. The number of aliphatic imine (C=N–C) groups is 1. The Morgan fingerprint density at radius 1 is 0.732 bits per heavy atom. The van der Waals surface area contributed by atoms with Gasteiger partial charge in [0.15, 0.2) is 6.23 Å². The number of ether oxygens (including phenoxy) is 1. The quantitative estimate of drug-likeness (QED) is 0.111. The van der Waals surface area contributed by atoms with Crippen molar-refractivity contribution in [1.82, 2.24) is 5.32 Å². The molecule has 3 atom stereocenters. The third-order valence-electron chi connectivity index (χ3n) is 7.60. The molecule has 6 aromatic rings. The van der Waals surface area contributed by atoms with Crippen molar-refractivity contribution >= 4 is 33.4 Å². The van der Waals surface area contributed by atoms with Gasteiger partial charge < -0.3 is 15.8 Å². The number of fused-ring (bicyclic) bond motifs is 5. The predicted molar refractivity (Wildman–Crippen MR) is 168 cm³/mol. The number of hydrogen-bond donors (Lipinski definition) is 3. The van der Waals surface area contributed by atoms with Crippen molar-refractivity contribution in [1.29, 1.82) is 0 Å². The molecule has 1 aliphatic heterocycles. The average molecular weight is 535 g/mol. The lowest BCUT2D eigenvalue weighted by molar-refractivity contribution is 0.260. The number of nitrogens with zero attached hydrogens (tertiary/aromatic N) is 1. The van der Waals surface area contributed by atoms with E-state index in [0.717, 1.165) is 55.2 Å². The van der Waals surface area contributed by atoms with Crippen LogP contribution in [0.4, 0.5) is 5.69 Å². The second-order valence-electron chi connectivity index (χ2n) is 10.3. The minimum absolute atomic E-state index is 0.232. The van der Waals surface area contributed by atoms with E-state index in [9.17, 15) is 0 Å². The molecule has 41 heavy (non-hydrogen) atoms. The Kier molecular flexibility index (Phi) is 6.65. The molecular formula is C36H30N4O. The zero-order valence-corrected chi connectivity index (χ0v) is 22.4. The van der Waals surface area contributed by atoms with E-state index in [4.69, 9.17) is 15.5 Å². The van der Waals surface area contributed by atoms with Crippen molar-refractivity contribution in [2.45, 2.75) is 18.6 Å². The van der Waals surface area contributed by atoms with E-state index in [2.05, 4.69) is 65.2 Å². The Morgan fingerprint density at radius 2 is 1.39 bits per heavy atom. The summed E-state index contributed by atoms with van der Waals surface area (Å²) in [4.78, 5) is 4.98. The highest BCUT2D eigenvalue weighted by molar-refractivity contribution is 6.15. The molecule has 1 aliphatic rings. The fourth-order valence-corrected chi connectivity index (χ4v) is 5.47. The molecule has 0 saturated carbocycles. The van der Waals surface area contributed by atoms with Crippen LogP contribution in [0.1, 0.15) is 40.8 Å². The molecule has 0 saturated heterocycles. The maximum atomic E-state index is 6.64. The van der Waals surface area contributed by atoms with Gasteiger partial charge in [-0.15, -0.1) is 0 Å².